The third-order valence-corrected chi connectivity index (χ3v) is 3.43. The van der Waals surface area contributed by atoms with E-state index in [9.17, 15) is 4.79 Å². The molecule has 4 nitrogen and oxygen atoms in total. The molecule has 1 atom stereocenters. The number of aliphatic hydroxyl groups is 1. The standard InChI is InChI=1S/C16H25NO3/c1-11(2)14(7-8-18)17-16(19)10-13-6-5-12(3)15(9-13)20-4/h5-6,9,11,14,18H,7-8,10H2,1-4H3,(H,17,19). The predicted molar refractivity (Wildman–Crippen MR) is 79.9 cm³/mol. The van der Waals surface area contributed by atoms with Gasteiger partial charge in [-0.15, -0.1) is 0 Å². The summed E-state index contributed by atoms with van der Waals surface area (Å²) in [5.74, 6) is 1.08. The number of carbonyl (C=O) groups excluding carboxylic acids is 1. The van der Waals surface area contributed by atoms with Gasteiger partial charge in [0.2, 0.25) is 5.91 Å². The summed E-state index contributed by atoms with van der Waals surface area (Å²) in [5.41, 5.74) is 1.98. The van der Waals surface area contributed by atoms with Crippen LogP contribution in [0.25, 0.3) is 0 Å². The average molecular weight is 279 g/mol. The molecule has 1 aromatic rings. The zero-order chi connectivity index (χ0) is 15.1. The van der Waals surface area contributed by atoms with Crippen molar-refractivity contribution in [3.8, 4) is 5.75 Å². The molecule has 0 heterocycles. The molecule has 0 aromatic heterocycles. The van der Waals surface area contributed by atoms with Crippen molar-refractivity contribution in [1.29, 1.82) is 0 Å². The Hall–Kier alpha value is -1.55. The minimum atomic E-state index is -0.0249. The molecular formula is C16H25NO3. The van der Waals surface area contributed by atoms with Gasteiger partial charge in [-0.25, -0.2) is 0 Å². The Morgan fingerprint density at radius 1 is 1.40 bits per heavy atom. The molecule has 0 bridgehead atoms. The first-order valence-electron chi connectivity index (χ1n) is 7.01. The number of benzene rings is 1. The molecule has 1 rings (SSSR count). The van der Waals surface area contributed by atoms with Gasteiger partial charge in [-0.2, -0.15) is 0 Å². The normalized spacial score (nSPS) is 12.3. The molecule has 1 unspecified atom stereocenters. The van der Waals surface area contributed by atoms with Crippen LogP contribution in [0.1, 0.15) is 31.4 Å². The predicted octanol–water partition coefficient (Wildman–Crippen LogP) is 2.07. The zero-order valence-corrected chi connectivity index (χ0v) is 12.8. The van der Waals surface area contributed by atoms with Crippen LogP contribution in [0.2, 0.25) is 0 Å². The highest BCUT2D eigenvalue weighted by Gasteiger charge is 2.16. The fourth-order valence-electron chi connectivity index (χ4n) is 2.13. The lowest BCUT2D eigenvalue weighted by Crippen LogP contribution is -2.40. The monoisotopic (exact) mass is 279 g/mol. The van der Waals surface area contributed by atoms with Crippen LogP contribution in [-0.2, 0) is 11.2 Å². The Balaban J connectivity index is 2.65. The molecule has 0 saturated heterocycles. The van der Waals surface area contributed by atoms with Crippen LogP contribution >= 0.6 is 0 Å². The van der Waals surface area contributed by atoms with Gasteiger partial charge in [0, 0.05) is 12.6 Å². The van der Waals surface area contributed by atoms with Gasteiger partial charge in [0.25, 0.3) is 0 Å². The van der Waals surface area contributed by atoms with Crippen molar-refractivity contribution >= 4 is 5.91 Å². The highest BCUT2D eigenvalue weighted by molar-refractivity contribution is 5.79. The number of ether oxygens (including phenoxy) is 1. The molecule has 0 fully saturated rings. The first-order chi connectivity index (χ1) is 9.47. The highest BCUT2D eigenvalue weighted by Crippen LogP contribution is 2.19. The largest absolute Gasteiger partial charge is 0.496 e. The third kappa shape index (κ3) is 4.85. The maximum Gasteiger partial charge on any atom is 0.224 e. The molecule has 0 saturated carbocycles. The van der Waals surface area contributed by atoms with E-state index < -0.39 is 0 Å². The summed E-state index contributed by atoms with van der Waals surface area (Å²) in [6, 6.07) is 5.80. The second-order valence-electron chi connectivity index (χ2n) is 5.41. The molecule has 2 N–H and O–H groups in total. The number of rotatable bonds is 7. The smallest absolute Gasteiger partial charge is 0.224 e. The van der Waals surface area contributed by atoms with Gasteiger partial charge in [0.05, 0.1) is 13.5 Å². The highest BCUT2D eigenvalue weighted by atomic mass is 16.5. The van der Waals surface area contributed by atoms with Crippen molar-refractivity contribution in [2.75, 3.05) is 13.7 Å². The van der Waals surface area contributed by atoms with Gasteiger partial charge >= 0.3 is 0 Å². The molecule has 112 valence electrons. The molecule has 0 aliphatic rings. The SMILES string of the molecule is COc1cc(CC(=O)NC(CCO)C(C)C)ccc1C. The van der Waals surface area contributed by atoms with Crippen LogP contribution < -0.4 is 10.1 Å². The maximum atomic E-state index is 12.1. The van der Waals surface area contributed by atoms with Gasteiger partial charge in [0.1, 0.15) is 5.75 Å². The summed E-state index contributed by atoms with van der Waals surface area (Å²) in [7, 11) is 1.63. The van der Waals surface area contributed by atoms with Crippen molar-refractivity contribution in [2.45, 2.75) is 39.7 Å². The van der Waals surface area contributed by atoms with E-state index in [1.807, 2.05) is 39.0 Å². The molecular weight excluding hydrogens is 254 g/mol. The van der Waals surface area contributed by atoms with E-state index in [1.54, 1.807) is 7.11 Å². The number of hydrogen-bond donors (Lipinski definition) is 2. The van der Waals surface area contributed by atoms with Crippen LogP contribution in [0.3, 0.4) is 0 Å². The Morgan fingerprint density at radius 2 is 2.10 bits per heavy atom. The van der Waals surface area contributed by atoms with Crippen LogP contribution in [0.5, 0.6) is 5.75 Å². The molecule has 0 aliphatic heterocycles. The van der Waals surface area contributed by atoms with Crippen molar-refractivity contribution in [3.63, 3.8) is 0 Å². The molecule has 4 heteroatoms. The van der Waals surface area contributed by atoms with Gasteiger partial charge in [-0.3, -0.25) is 4.79 Å². The number of aryl methyl sites for hydroxylation is 1. The average Bonchev–Trinajstić information content (AvgIpc) is 2.40. The Morgan fingerprint density at radius 3 is 2.65 bits per heavy atom. The summed E-state index contributed by atoms with van der Waals surface area (Å²) in [5, 5.41) is 12.0. The van der Waals surface area contributed by atoms with Crippen LogP contribution in [0.15, 0.2) is 18.2 Å². The topological polar surface area (TPSA) is 58.6 Å². The van der Waals surface area contributed by atoms with Crippen molar-refractivity contribution in [3.05, 3.63) is 29.3 Å². The van der Waals surface area contributed by atoms with Crippen LogP contribution in [-0.4, -0.2) is 30.8 Å². The molecule has 0 radical (unpaired) electrons. The lowest BCUT2D eigenvalue weighted by atomic mass is 10.0. The van der Waals surface area contributed by atoms with Crippen molar-refractivity contribution in [2.24, 2.45) is 5.92 Å². The fraction of sp³-hybridized carbons (Fsp3) is 0.562. The fourth-order valence-corrected chi connectivity index (χ4v) is 2.13. The summed E-state index contributed by atoms with van der Waals surface area (Å²) >= 11 is 0. The first kappa shape index (κ1) is 16.5. The van der Waals surface area contributed by atoms with E-state index in [2.05, 4.69) is 5.32 Å². The first-order valence-corrected chi connectivity index (χ1v) is 7.01. The quantitative estimate of drug-likeness (QED) is 0.803. The van der Waals surface area contributed by atoms with Crippen LogP contribution in [0, 0.1) is 12.8 Å². The van der Waals surface area contributed by atoms with E-state index in [-0.39, 0.29) is 18.6 Å². The Bertz CT molecular complexity index is 443. The Kier molecular flexibility index (Phi) is 6.52. The number of carbonyl (C=O) groups is 1. The van der Waals surface area contributed by atoms with Gasteiger partial charge < -0.3 is 15.2 Å². The molecule has 0 aliphatic carbocycles. The van der Waals surface area contributed by atoms with E-state index >= 15 is 0 Å². The van der Waals surface area contributed by atoms with E-state index in [0.717, 1.165) is 16.9 Å². The maximum absolute atomic E-state index is 12.1. The second kappa shape index (κ2) is 7.90. The molecule has 0 spiro atoms. The van der Waals surface area contributed by atoms with Gasteiger partial charge in [-0.05, 0) is 36.5 Å². The van der Waals surface area contributed by atoms with Gasteiger partial charge in [0.15, 0.2) is 0 Å². The number of hydrogen-bond acceptors (Lipinski definition) is 3. The summed E-state index contributed by atoms with van der Waals surface area (Å²) in [4.78, 5) is 12.1. The summed E-state index contributed by atoms with van der Waals surface area (Å²) in [6.45, 7) is 6.13. The van der Waals surface area contributed by atoms with E-state index in [0.29, 0.717) is 18.8 Å². The number of methoxy groups -OCH3 is 1. The summed E-state index contributed by atoms with van der Waals surface area (Å²) in [6.07, 6.45) is 0.909. The van der Waals surface area contributed by atoms with Crippen molar-refractivity contribution < 1.29 is 14.6 Å². The second-order valence-corrected chi connectivity index (χ2v) is 5.41. The molecule has 1 aromatic carbocycles. The van der Waals surface area contributed by atoms with Crippen LogP contribution in [0.4, 0.5) is 0 Å². The minimum absolute atomic E-state index is 0.0137. The number of amides is 1. The zero-order valence-electron chi connectivity index (χ0n) is 12.8. The van der Waals surface area contributed by atoms with Gasteiger partial charge in [-0.1, -0.05) is 26.0 Å². The molecule has 1 amide bonds. The minimum Gasteiger partial charge on any atom is -0.496 e. The van der Waals surface area contributed by atoms with E-state index in [4.69, 9.17) is 9.84 Å². The third-order valence-electron chi connectivity index (χ3n) is 3.43. The lowest BCUT2D eigenvalue weighted by Gasteiger charge is -2.21. The Labute approximate surface area is 121 Å². The number of aliphatic hydroxyl groups excluding tert-OH is 1. The number of nitrogens with one attached hydrogen (secondary N) is 1. The lowest BCUT2D eigenvalue weighted by molar-refractivity contribution is -0.121. The summed E-state index contributed by atoms with van der Waals surface area (Å²) < 4.78 is 5.26. The molecule has 20 heavy (non-hydrogen) atoms. The van der Waals surface area contributed by atoms with E-state index in [1.165, 1.54) is 0 Å². The van der Waals surface area contributed by atoms with Crippen molar-refractivity contribution in [1.82, 2.24) is 5.32 Å².